The minimum absolute atomic E-state index is 0.0930. The summed E-state index contributed by atoms with van der Waals surface area (Å²) in [5.74, 6) is -0.520. The zero-order valence-corrected chi connectivity index (χ0v) is 21.0. The third-order valence-corrected chi connectivity index (χ3v) is 7.83. The molecule has 1 unspecified atom stereocenters. The second-order valence-electron chi connectivity index (χ2n) is 7.90. The molecule has 1 atom stereocenters. The van der Waals surface area contributed by atoms with Gasteiger partial charge in [0.2, 0.25) is 21.8 Å². The molecular weight excluding hydrogens is 462 g/mol. The van der Waals surface area contributed by atoms with Crippen LogP contribution >= 0.6 is 11.8 Å². The van der Waals surface area contributed by atoms with Crippen molar-refractivity contribution in [2.45, 2.75) is 63.7 Å². The van der Waals surface area contributed by atoms with Crippen molar-refractivity contribution < 1.29 is 18.0 Å². The summed E-state index contributed by atoms with van der Waals surface area (Å²) in [6.45, 7) is 4.16. The minimum atomic E-state index is -3.62. The number of sulfonamides is 1. The molecule has 0 bridgehead atoms. The molecule has 0 aliphatic carbocycles. The number of hydrogen-bond donors (Lipinski definition) is 3. The van der Waals surface area contributed by atoms with E-state index in [-0.39, 0.29) is 42.2 Å². The molecule has 1 aromatic carbocycles. The van der Waals surface area contributed by atoms with Crippen molar-refractivity contribution in [3.05, 3.63) is 35.9 Å². The zero-order valence-electron chi connectivity index (χ0n) is 19.4. The normalized spacial score (nSPS) is 18.3. The maximum atomic E-state index is 13.2. The molecule has 33 heavy (non-hydrogen) atoms. The van der Waals surface area contributed by atoms with Crippen molar-refractivity contribution in [1.82, 2.24) is 15.0 Å². The molecular formula is C22H35N5O4S2. The van der Waals surface area contributed by atoms with Crippen LogP contribution in [0.25, 0.3) is 0 Å². The van der Waals surface area contributed by atoms with Gasteiger partial charge >= 0.3 is 0 Å². The number of unbranched alkanes of at least 4 members (excludes halogenated alkanes) is 2. The van der Waals surface area contributed by atoms with Gasteiger partial charge < -0.3 is 11.1 Å². The quantitative estimate of drug-likeness (QED) is 0.383. The molecule has 184 valence electrons. The number of nitrogens with zero attached hydrogens (tertiary/aromatic N) is 2. The van der Waals surface area contributed by atoms with E-state index in [9.17, 15) is 18.0 Å². The first-order valence-electron chi connectivity index (χ1n) is 11.4. The predicted molar refractivity (Wildman–Crippen MR) is 133 cm³/mol. The lowest BCUT2D eigenvalue weighted by Crippen LogP contribution is -2.49. The molecule has 2 amide bonds. The van der Waals surface area contributed by atoms with Crippen molar-refractivity contribution in [3.8, 4) is 0 Å². The van der Waals surface area contributed by atoms with E-state index in [0.29, 0.717) is 24.8 Å². The maximum absolute atomic E-state index is 13.2. The third kappa shape index (κ3) is 7.80. The Bertz CT molecular complexity index is 924. The van der Waals surface area contributed by atoms with Crippen molar-refractivity contribution >= 4 is 38.8 Å². The van der Waals surface area contributed by atoms with Crippen LogP contribution in [-0.2, 0) is 24.5 Å². The summed E-state index contributed by atoms with van der Waals surface area (Å²) >= 11 is 1.18. The summed E-state index contributed by atoms with van der Waals surface area (Å²) in [7, 11) is -3.62. The molecule has 1 aromatic rings. The first-order chi connectivity index (χ1) is 15.8. The lowest BCUT2D eigenvalue weighted by atomic mass is 10.1. The van der Waals surface area contributed by atoms with E-state index in [1.165, 1.54) is 16.8 Å². The molecule has 11 heteroatoms. The number of thioether (sulfide) groups is 1. The van der Waals surface area contributed by atoms with Crippen LogP contribution in [0.5, 0.6) is 0 Å². The molecule has 4 N–H and O–H groups in total. The first-order valence-corrected chi connectivity index (χ1v) is 13.9. The van der Waals surface area contributed by atoms with Gasteiger partial charge in [0.25, 0.3) is 0 Å². The summed E-state index contributed by atoms with van der Waals surface area (Å²) in [5, 5.41) is 8.88. The lowest BCUT2D eigenvalue weighted by molar-refractivity contribution is -0.134. The molecule has 2 rings (SSSR count). The number of amidine groups is 1. The van der Waals surface area contributed by atoms with E-state index in [0.717, 1.165) is 19.3 Å². The highest BCUT2D eigenvalue weighted by atomic mass is 32.2. The molecule has 0 radical (unpaired) electrons. The fourth-order valence-electron chi connectivity index (χ4n) is 3.30. The average molecular weight is 498 g/mol. The van der Waals surface area contributed by atoms with E-state index in [2.05, 4.69) is 15.1 Å². The predicted octanol–water partition coefficient (Wildman–Crippen LogP) is 2.45. The fourth-order valence-corrected chi connectivity index (χ4v) is 5.75. The van der Waals surface area contributed by atoms with Gasteiger partial charge in [0.05, 0.1) is 12.3 Å². The van der Waals surface area contributed by atoms with E-state index < -0.39 is 14.9 Å². The van der Waals surface area contributed by atoms with Crippen molar-refractivity contribution in [3.63, 3.8) is 0 Å². The smallest absolute Gasteiger partial charge is 0.244 e. The van der Waals surface area contributed by atoms with Gasteiger partial charge in [-0.3, -0.25) is 9.59 Å². The summed E-state index contributed by atoms with van der Waals surface area (Å²) in [6, 6.07) is 9.16. The van der Waals surface area contributed by atoms with Crippen LogP contribution in [0.1, 0.15) is 64.4 Å². The summed E-state index contributed by atoms with van der Waals surface area (Å²) in [6.07, 6.45) is 4.09. The Hall–Kier alpha value is -1.95. The molecule has 0 saturated heterocycles. The van der Waals surface area contributed by atoms with Crippen molar-refractivity contribution in [2.24, 2.45) is 10.8 Å². The summed E-state index contributed by atoms with van der Waals surface area (Å²) in [5.41, 5.74) is 6.18. The second-order valence-corrected chi connectivity index (χ2v) is 11.1. The Morgan fingerprint density at radius 3 is 2.39 bits per heavy atom. The highest BCUT2D eigenvalue weighted by molar-refractivity contribution is 8.14. The van der Waals surface area contributed by atoms with Crippen molar-refractivity contribution in [1.29, 1.82) is 0 Å². The zero-order chi connectivity index (χ0) is 24.3. The molecule has 0 saturated carbocycles. The molecule has 0 fully saturated rings. The summed E-state index contributed by atoms with van der Waals surface area (Å²) in [4.78, 5) is 24.4. The molecule has 1 aliphatic heterocycles. The fraction of sp³-hybridized carbons (Fsp3) is 0.591. The van der Waals surface area contributed by atoms with E-state index in [1.54, 1.807) is 0 Å². The Kier molecular flexibility index (Phi) is 10.8. The Morgan fingerprint density at radius 2 is 1.76 bits per heavy atom. The number of hydrazone groups is 1. The van der Waals surface area contributed by atoms with Gasteiger partial charge in [-0.15, -0.1) is 5.10 Å². The number of rotatable bonds is 13. The summed E-state index contributed by atoms with van der Waals surface area (Å²) < 4.78 is 27.8. The van der Waals surface area contributed by atoms with E-state index >= 15 is 0 Å². The number of carbonyl (C=O) groups is 2. The maximum Gasteiger partial charge on any atom is 0.244 e. The monoisotopic (exact) mass is 497 g/mol. The van der Waals surface area contributed by atoms with Gasteiger partial charge in [-0.25, -0.2) is 18.1 Å². The second kappa shape index (κ2) is 13.1. The van der Waals surface area contributed by atoms with Crippen LogP contribution in [0, 0.1) is 0 Å². The number of nitrogens with one attached hydrogen (secondary N) is 2. The molecule has 9 nitrogen and oxygen atoms in total. The standard InChI is InChI=1S/C22H35N5O4S2/c1-3-5-13-19(28)25-21-26-27(20(29)14-6-4-2)22(32-21,18-11-8-7-9-12-18)17-24-33(30,31)16-10-15-23/h7-9,11-12,24H,3-6,10,13-17,23H2,1-2H3,(H,25,26,28). The van der Waals surface area contributed by atoms with Gasteiger partial charge in [-0.2, -0.15) is 0 Å². The van der Waals surface area contributed by atoms with Gasteiger partial charge in [0, 0.05) is 12.8 Å². The van der Waals surface area contributed by atoms with Crippen LogP contribution in [0.4, 0.5) is 0 Å². The average Bonchev–Trinajstić information content (AvgIpc) is 3.18. The molecule has 0 aromatic heterocycles. The van der Waals surface area contributed by atoms with Crippen LogP contribution in [0.3, 0.4) is 0 Å². The van der Waals surface area contributed by atoms with Gasteiger partial charge in [-0.05, 0) is 43.1 Å². The number of carbonyl (C=O) groups excluding carboxylic acids is 2. The topological polar surface area (TPSA) is 134 Å². The lowest BCUT2D eigenvalue weighted by Gasteiger charge is -2.35. The number of nitrogens with two attached hydrogens (primary N) is 1. The van der Waals surface area contributed by atoms with Gasteiger partial charge in [-0.1, -0.05) is 57.0 Å². The first kappa shape index (κ1) is 27.3. The van der Waals surface area contributed by atoms with E-state index in [1.807, 2.05) is 44.2 Å². The highest BCUT2D eigenvalue weighted by Crippen LogP contribution is 2.45. The van der Waals surface area contributed by atoms with Crippen LogP contribution in [0.2, 0.25) is 0 Å². The minimum Gasteiger partial charge on any atom is -0.330 e. The van der Waals surface area contributed by atoms with Gasteiger partial charge in [0.15, 0.2) is 10.0 Å². The number of amides is 2. The Balaban J connectivity index is 2.40. The van der Waals surface area contributed by atoms with Crippen molar-refractivity contribution in [2.75, 3.05) is 18.8 Å². The largest absolute Gasteiger partial charge is 0.330 e. The molecule has 1 heterocycles. The van der Waals surface area contributed by atoms with E-state index in [4.69, 9.17) is 5.73 Å². The Morgan fingerprint density at radius 1 is 1.09 bits per heavy atom. The molecule has 1 aliphatic rings. The molecule has 0 spiro atoms. The van der Waals surface area contributed by atoms with Crippen LogP contribution < -0.4 is 15.8 Å². The number of benzene rings is 1. The number of hydrogen-bond acceptors (Lipinski definition) is 7. The SMILES string of the molecule is CCCCC(=O)NC1=NN(C(=O)CCCC)C(CNS(=O)(=O)CCCN)(c2ccccc2)S1. The van der Waals surface area contributed by atoms with Crippen LogP contribution in [0.15, 0.2) is 35.4 Å². The Labute approximate surface area is 201 Å². The third-order valence-electron chi connectivity index (χ3n) is 5.16. The van der Waals surface area contributed by atoms with Gasteiger partial charge in [0.1, 0.15) is 0 Å². The highest BCUT2D eigenvalue weighted by Gasteiger charge is 2.49. The van der Waals surface area contributed by atoms with Crippen LogP contribution in [-0.4, -0.2) is 49.3 Å².